The van der Waals surface area contributed by atoms with E-state index in [1.165, 1.54) is 30.1 Å². The molecule has 0 aromatic rings. The van der Waals surface area contributed by atoms with Gasteiger partial charge in [0.05, 0.1) is 0 Å². The predicted octanol–water partition coefficient (Wildman–Crippen LogP) is 3.13. The molecule has 0 amide bonds. The minimum absolute atomic E-state index is 0.161. The van der Waals surface area contributed by atoms with Gasteiger partial charge in [-0.1, -0.05) is 0 Å². The van der Waals surface area contributed by atoms with Crippen LogP contribution in [0.5, 0.6) is 0 Å². The summed E-state index contributed by atoms with van der Waals surface area (Å²) in [6.07, 6.45) is 5.88. The summed E-state index contributed by atoms with van der Waals surface area (Å²) in [7, 11) is 0. The zero-order valence-electron chi connectivity index (χ0n) is 6.74. The van der Waals surface area contributed by atoms with Gasteiger partial charge in [0.15, 0.2) is 0 Å². The molecule has 0 aliphatic carbocycles. The summed E-state index contributed by atoms with van der Waals surface area (Å²) in [4.78, 5) is 0. The Morgan fingerprint density at radius 1 is 1.00 bits per heavy atom. The van der Waals surface area contributed by atoms with E-state index in [4.69, 9.17) is 0 Å². The van der Waals surface area contributed by atoms with E-state index in [0.29, 0.717) is 0 Å². The van der Waals surface area contributed by atoms with Crippen molar-refractivity contribution < 1.29 is 0 Å². The fourth-order valence-corrected chi connectivity index (χ4v) is 3.29. The summed E-state index contributed by atoms with van der Waals surface area (Å²) in [6.45, 7) is 4.62. The average Bonchev–Trinajstić information content (AvgIpc) is 1.89. The van der Waals surface area contributed by atoms with E-state index < -0.39 is 0 Å². The Morgan fingerprint density at radius 2 is 1.78 bits per heavy atom. The second-order valence-electron chi connectivity index (χ2n) is 2.41. The molecule has 0 aromatic carbocycles. The van der Waals surface area contributed by atoms with E-state index in [1.807, 2.05) is 0 Å². The average molecular weight is 233 g/mol. The first-order valence-corrected chi connectivity index (χ1v) is 8.16. The van der Waals surface area contributed by atoms with Crippen LogP contribution in [0.1, 0.15) is 39.5 Å². The van der Waals surface area contributed by atoms with Gasteiger partial charge in [0.25, 0.3) is 0 Å². The van der Waals surface area contributed by atoms with Crippen LogP contribution in [0, 0.1) is 0 Å². The van der Waals surface area contributed by atoms with Crippen molar-refractivity contribution in [2.24, 2.45) is 0 Å². The Bertz CT molecular complexity index is 37.8. The van der Waals surface area contributed by atoms with Gasteiger partial charge in [0.2, 0.25) is 0 Å². The SMILES string of the molecule is CCCCC[CH2][Sn+2][CH2]C. The Hall–Kier alpha value is 0.799. The second kappa shape index (κ2) is 8.80. The molecule has 0 N–H and O–H groups in total. The van der Waals surface area contributed by atoms with Gasteiger partial charge in [-0.3, -0.25) is 0 Å². The monoisotopic (exact) mass is 234 g/mol. The Morgan fingerprint density at radius 3 is 2.33 bits per heavy atom. The van der Waals surface area contributed by atoms with Crippen LogP contribution in [-0.2, 0) is 0 Å². The standard InChI is InChI=1S/C6H13.C2H5.Sn/c1-3-5-6-4-2;1-2;/h1,3-6H2,2H3;1H2,2H3;/q;;+2. The van der Waals surface area contributed by atoms with Crippen molar-refractivity contribution in [1.29, 1.82) is 0 Å². The maximum absolute atomic E-state index is 2.34. The molecule has 0 heterocycles. The molecule has 0 atom stereocenters. The summed E-state index contributed by atoms with van der Waals surface area (Å²) in [6, 6.07) is 0. The normalized spacial score (nSPS) is 9.11. The van der Waals surface area contributed by atoms with Gasteiger partial charge in [0, 0.05) is 0 Å². The summed E-state index contributed by atoms with van der Waals surface area (Å²) in [5.74, 6) is 0. The molecule has 0 rings (SSSR count). The molecule has 0 saturated carbocycles. The molecule has 0 aromatic heterocycles. The van der Waals surface area contributed by atoms with E-state index in [-0.39, 0.29) is 21.1 Å². The van der Waals surface area contributed by atoms with E-state index in [1.54, 1.807) is 4.44 Å². The molecule has 0 fully saturated rings. The van der Waals surface area contributed by atoms with Crippen LogP contribution < -0.4 is 0 Å². The molecule has 0 bridgehead atoms. The molecule has 0 nitrogen and oxygen atoms in total. The van der Waals surface area contributed by atoms with E-state index in [9.17, 15) is 0 Å². The maximum atomic E-state index is 2.34. The third kappa shape index (κ3) is 8.80. The summed E-state index contributed by atoms with van der Waals surface area (Å²) in [5.41, 5.74) is 0. The quantitative estimate of drug-likeness (QED) is 0.488. The van der Waals surface area contributed by atoms with Crippen molar-refractivity contribution in [3.8, 4) is 0 Å². The van der Waals surface area contributed by atoms with Crippen LogP contribution in [0.25, 0.3) is 0 Å². The van der Waals surface area contributed by atoms with Gasteiger partial charge >= 0.3 is 69.5 Å². The number of hydrogen-bond acceptors (Lipinski definition) is 0. The van der Waals surface area contributed by atoms with E-state index in [0.717, 1.165) is 0 Å². The predicted molar refractivity (Wildman–Crippen MR) is 45.2 cm³/mol. The van der Waals surface area contributed by atoms with Gasteiger partial charge in [-0.05, 0) is 0 Å². The third-order valence-electron chi connectivity index (χ3n) is 1.46. The zero-order valence-corrected chi connectivity index (χ0v) is 9.60. The fourth-order valence-electron chi connectivity index (χ4n) is 0.854. The Balaban J connectivity index is 2.60. The van der Waals surface area contributed by atoms with Crippen molar-refractivity contribution in [2.45, 2.75) is 48.4 Å². The Labute approximate surface area is 69.6 Å². The van der Waals surface area contributed by atoms with Crippen molar-refractivity contribution >= 4 is 21.1 Å². The fraction of sp³-hybridized carbons (Fsp3) is 1.00. The van der Waals surface area contributed by atoms with Crippen molar-refractivity contribution in [3.05, 3.63) is 0 Å². The van der Waals surface area contributed by atoms with Crippen LogP contribution in [0.15, 0.2) is 0 Å². The molecule has 52 valence electrons. The second-order valence-corrected chi connectivity index (χ2v) is 7.29. The molecule has 0 radical (unpaired) electrons. The topological polar surface area (TPSA) is 0 Å². The summed E-state index contributed by atoms with van der Waals surface area (Å²) < 4.78 is 3.16. The van der Waals surface area contributed by atoms with Crippen molar-refractivity contribution in [2.75, 3.05) is 0 Å². The molecule has 0 spiro atoms. The van der Waals surface area contributed by atoms with Crippen LogP contribution in [0.2, 0.25) is 8.87 Å². The first kappa shape index (κ1) is 9.80. The summed E-state index contributed by atoms with van der Waals surface area (Å²) >= 11 is 0.161. The first-order chi connectivity index (χ1) is 4.41. The van der Waals surface area contributed by atoms with E-state index >= 15 is 0 Å². The Kier molecular flexibility index (Phi) is 9.58. The van der Waals surface area contributed by atoms with Crippen molar-refractivity contribution in [1.82, 2.24) is 0 Å². The van der Waals surface area contributed by atoms with Crippen LogP contribution in [-0.4, -0.2) is 21.1 Å². The molecular weight excluding hydrogens is 215 g/mol. The van der Waals surface area contributed by atoms with Gasteiger partial charge in [-0.15, -0.1) is 0 Å². The van der Waals surface area contributed by atoms with Gasteiger partial charge in [-0.2, -0.15) is 0 Å². The molecule has 0 aliphatic rings. The van der Waals surface area contributed by atoms with Crippen molar-refractivity contribution in [3.63, 3.8) is 0 Å². The first-order valence-electron chi connectivity index (χ1n) is 4.12. The third-order valence-corrected chi connectivity index (χ3v) is 4.90. The van der Waals surface area contributed by atoms with Gasteiger partial charge in [-0.25, -0.2) is 0 Å². The molecule has 9 heavy (non-hydrogen) atoms. The molecule has 1 heteroatoms. The molecule has 0 saturated heterocycles. The number of unbranched alkanes of at least 4 members (excludes halogenated alkanes) is 3. The zero-order chi connectivity index (χ0) is 6.95. The van der Waals surface area contributed by atoms with Gasteiger partial charge in [0.1, 0.15) is 0 Å². The van der Waals surface area contributed by atoms with E-state index in [2.05, 4.69) is 13.8 Å². The van der Waals surface area contributed by atoms with Gasteiger partial charge < -0.3 is 0 Å². The molecular formula is C8H18Sn+2. The number of rotatable bonds is 6. The molecule has 0 aliphatic heterocycles. The molecule has 0 unspecified atom stereocenters. The summed E-state index contributed by atoms with van der Waals surface area (Å²) in [5, 5.41) is 0. The van der Waals surface area contributed by atoms with Crippen LogP contribution in [0.3, 0.4) is 0 Å². The minimum atomic E-state index is 0.161. The number of hydrogen-bond donors (Lipinski definition) is 0. The van der Waals surface area contributed by atoms with Crippen LogP contribution in [0.4, 0.5) is 0 Å². The van der Waals surface area contributed by atoms with Crippen LogP contribution >= 0.6 is 0 Å².